The van der Waals surface area contributed by atoms with Gasteiger partial charge in [-0.25, -0.2) is 0 Å². The molecule has 0 unspecified atom stereocenters. The maximum Gasteiger partial charge on any atom is 0.223 e. The zero-order valence-electron chi connectivity index (χ0n) is 14.7. The van der Waals surface area contributed by atoms with Crippen molar-refractivity contribution in [2.75, 3.05) is 6.54 Å². The maximum absolute atomic E-state index is 12.2. The van der Waals surface area contributed by atoms with Gasteiger partial charge in [-0.3, -0.25) is 14.5 Å². The monoisotopic (exact) mass is 338 g/mol. The number of rotatable bonds is 5. The quantitative estimate of drug-likeness (QED) is 0.911. The van der Waals surface area contributed by atoms with E-state index in [1.807, 2.05) is 24.5 Å². The van der Waals surface area contributed by atoms with Gasteiger partial charge in [-0.15, -0.1) is 0 Å². The second-order valence-electron chi connectivity index (χ2n) is 7.21. The normalized spacial score (nSPS) is 17.4. The van der Waals surface area contributed by atoms with Gasteiger partial charge in [0, 0.05) is 41.7 Å². The summed E-state index contributed by atoms with van der Waals surface area (Å²) in [6.07, 6.45) is 12.8. The van der Waals surface area contributed by atoms with Crippen LogP contribution in [0.1, 0.15) is 49.8 Å². The third-order valence-electron chi connectivity index (χ3n) is 5.56. The number of amides is 1. The lowest BCUT2D eigenvalue weighted by molar-refractivity contribution is -0.124. The van der Waals surface area contributed by atoms with Crippen molar-refractivity contribution in [1.82, 2.24) is 20.1 Å². The third-order valence-corrected chi connectivity index (χ3v) is 5.56. The number of nitrogens with one attached hydrogen (secondary N) is 1. The van der Waals surface area contributed by atoms with Crippen LogP contribution in [0.4, 0.5) is 0 Å². The number of hydrogen-bond donors (Lipinski definition) is 1. The Hall–Kier alpha value is -2.17. The summed E-state index contributed by atoms with van der Waals surface area (Å²) in [5.74, 6) is 0.465. The molecule has 1 N–H and O–H groups in total. The average Bonchev–Trinajstić information content (AvgIpc) is 3.31. The van der Waals surface area contributed by atoms with Gasteiger partial charge in [-0.05, 0) is 50.7 Å². The Bertz CT molecular complexity index is 732. The summed E-state index contributed by atoms with van der Waals surface area (Å²) in [6, 6.07) is 4.06. The maximum atomic E-state index is 12.2. The molecule has 2 aromatic heterocycles. The van der Waals surface area contributed by atoms with Crippen molar-refractivity contribution in [3.05, 3.63) is 35.8 Å². The van der Waals surface area contributed by atoms with E-state index in [1.165, 1.54) is 36.9 Å². The van der Waals surface area contributed by atoms with Crippen LogP contribution in [0.3, 0.4) is 0 Å². The second-order valence-corrected chi connectivity index (χ2v) is 7.21. The van der Waals surface area contributed by atoms with Gasteiger partial charge in [-0.2, -0.15) is 5.10 Å². The summed E-state index contributed by atoms with van der Waals surface area (Å²) in [4.78, 5) is 16.3. The van der Waals surface area contributed by atoms with E-state index in [4.69, 9.17) is 5.10 Å². The number of aromatic nitrogens is 3. The fourth-order valence-electron chi connectivity index (χ4n) is 4.21. The highest BCUT2D eigenvalue weighted by Crippen LogP contribution is 2.31. The van der Waals surface area contributed by atoms with Crippen LogP contribution >= 0.6 is 0 Å². The van der Waals surface area contributed by atoms with Crippen LogP contribution in [0.25, 0.3) is 11.3 Å². The largest absolute Gasteiger partial charge is 0.354 e. The Balaban J connectivity index is 1.48. The number of pyridine rings is 1. The lowest BCUT2D eigenvalue weighted by Gasteiger charge is -2.15. The highest BCUT2D eigenvalue weighted by molar-refractivity contribution is 5.78. The number of fused-ring (bicyclic) bond motifs is 1. The Labute approximate surface area is 148 Å². The molecule has 2 heterocycles. The molecule has 0 radical (unpaired) electrons. The molecule has 0 atom stereocenters. The van der Waals surface area contributed by atoms with Gasteiger partial charge in [0.15, 0.2) is 0 Å². The Morgan fingerprint density at radius 1 is 1.12 bits per heavy atom. The van der Waals surface area contributed by atoms with Crippen molar-refractivity contribution in [2.45, 2.75) is 57.9 Å². The molecule has 0 saturated heterocycles. The summed E-state index contributed by atoms with van der Waals surface area (Å²) in [5, 5.41) is 8.01. The Morgan fingerprint density at radius 2 is 1.88 bits per heavy atom. The minimum atomic E-state index is 0.230. The SMILES string of the molecule is O=C(NCCn1nc(-c2ccncc2)c2c1CCCC2)C1CCCC1. The fraction of sp³-hybridized carbons (Fsp3) is 0.550. The molecule has 2 aliphatic rings. The van der Waals surface area contributed by atoms with E-state index in [0.717, 1.165) is 43.5 Å². The van der Waals surface area contributed by atoms with Crippen LogP contribution in [0, 0.1) is 5.92 Å². The van der Waals surface area contributed by atoms with E-state index in [2.05, 4.69) is 15.0 Å². The van der Waals surface area contributed by atoms with Gasteiger partial charge in [0.2, 0.25) is 5.91 Å². The van der Waals surface area contributed by atoms with Crippen LogP contribution < -0.4 is 5.32 Å². The lowest BCUT2D eigenvalue weighted by Crippen LogP contribution is -2.32. The van der Waals surface area contributed by atoms with Gasteiger partial charge in [0.25, 0.3) is 0 Å². The number of nitrogens with zero attached hydrogens (tertiary/aromatic N) is 3. The van der Waals surface area contributed by atoms with Crippen LogP contribution in [-0.2, 0) is 24.2 Å². The molecule has 1 fully saturated rings. The zero-order chi connectivity index (χ0) is 17.1. The summed E-state index contributed by atoms with van der Waals surface area (Å²) in [6.45, 7) is 1.42. The minimum absolute atomic E-state index is 0.230. The van der Waals surface area contributed by atoms with E-state index < -0.39 is 0 Å². The topological polar surface area (TPSA) is 59.8 Å². The molecule has 1 saturated carbocycles. The van der Waals surface area contributed by atoms with Crippen LogP contribution in [0.5, 0.6) is 0 Å². The summed E-state index contributed by atoms with van der Waals surface area (Å²) in [7, 11) is 0. The third kappa shape index (κ3) is 3.46. The van der Waals surface area contributed by atoms with Crippen molar-refractivity contribution in [3.8, 4) is 11.3 Å². The Kier molecular flexibility index (Phi) is 4.81. The molecule has 5 nitrogen and oxygen atoms in total. The summed E-state index contributed by atoms with van der Waals surface area (Å²) in [5.41, 5.74) is 4.98. The van der Waals surface area contributed by atoms with Crippen molar-refractivity contribution in [3.63, 3.8) is 0 Å². The number of hydrogen-bond acceptors (Lipinski definition) is 3. The first-order valence-electron chi connectivity index (χ1n) is 9.59. The molecular weight excluding hydrogens is 312 g/mol. The van der Waals surface area contributed by atoms with E-state index >= 15 is 0 Å². The minimum Gasteiger partial charge on any atom is -0.354 e. The smallest absolute Gasteiger partial charge is 0.223 e. The fourth-order valence-corrected chi connectivity index (χ4v) is 4.21. The molecule has 1 amide bonds. The molecule has 4 rings (SSSR count). The van der Waals surface area contributed by atoms with Crippen LogP contribution in [0.15, 0.2) is 24.5 Å². The lowest BCUT2D eigenvalue weighted by atomic mass is 9.94. The van der Waals surface area contributed by atoms with E-state index in [9.17, 15) is 4.79 Å². The van der Waals surface area contributed by atoms with E-state index in [0.29, 0.717) is 6.54 Å². The van der Waals surface area contributed by atoms with Crippen molar-refractivity contribution in [1.29, 1.82) is 0 Å². The first kappa shape index (κ1) is 16.3. The van der Waals surface area contributed by atoms with Crippen LogP contribution in [0.2, 0.25) is 0 Å². The van der Waals surface area contributed by atoms with Gasteiger partial charge >= 0.3 is 0 Å². The van der Waals surface area contributed by atoms with Gasteiger partial charge in [-0.1, -0.05) is 12.8 Å². The van der Waals surface area contributed by atoms with Crippen molar-refractivity contribution >= 4 is 5.91 Å². The molecule has 132 valence electrons. The van der Waals surface area contributed by atoms with E-state index in [1.54, 1.807) is 0 Å². The van der Waals surface area contributed by atoms with Crippen molar-refractivity contribution in [2.24, 2.45) is 5.92 Å². The molecule has 5 heteroatoms. The highest BCUT2D eigenvalue weighted by atomic mass is 16.1. The summed E-state index contributed by atoms with van der Waals surface area (Å²) < 4.78 is 2.12. The second kappa shape index (κ2) is 7.38. The van der Waals surface area contributed by atoms with Crippen LogP contribution in [-0.4, -0.2) is 27.2 Å². The molecule has 0 bridgehead atoms. The molecule has 2 aromatic rings. The van der Waals surface area contributed by atoms with Gasteiger partial charge in [0.05, 0.1) is 12.2 Å². The molecule has 0 aliphatic heterocycles. The average molecular weight is 338 g/mol. The molecular formula is C20H26N4O. The summed E-state index contributed by atoms with van der Waals surface area (Å²) >= 11 is 0. The zero-order valence-corrected chi connectivity index (χ0v) is 14.7. The number of carbonyl (C=O) groups excluding carboxylic acids is 1. The predicted molar refractivity (Wildman–Crippen MR) is 97.1 cm³/mol. The van der Waals surface area contributed by atoms with Gasteiger partial charge < -0.3 is 5.32 Å². The highest BCUT2D eigenvalue weighted by Gasteiger charge is 2.23. The number of carbonyl (C=O) groups is 1. The first-order valence-corrected chi connectivity index (χ1v) is 9.59. The van der Waals surface area contributed by atoms with Crippen molar-refractivity contribution < 1.29 is 4.79 Å². The first-order chi connectivity index (χ1) is 12.3. The molecule has 2 aliphatic carbocycles. The standard InChI is InChI=1S/C20H26N4O/c25-20(16-5-1-2-6-16)22-13-14-24-18-8-4-3-7-17(18)19(23-24)15-9-11-21-12-10-15/h9-12,16H,1-8,13-14H2,(H,22,25). The van der Waals surface area contributed by atoms with Gasteiger partial charge in [0.1, 0.15) is 0 Å². The molecule has 0 spiro atoms. The Morgan fingerprint density at radius 3 is 2.68 bits per heavy atom. The predicted octanol–water partition coefficient (Wildman–Crippen LogP) is 3.13. The van der Waals surface area contributed by atoms with E-state index in [-0.39, 0.29) is 11.8 Å². The molecule has 25 heavy (non-hydrogen) atoms. The molecule has 0 aromatic carbocycles.